The topological polar surface area (TPSA) is 29.5 Å². The van der Waals surface area contributed by atoms with E-state index in [1.54, 1.807) is 0 Å². The van der Waals surface area contributed by atoms with Crippen LogP contribution in [0.5, 0.6) is 5.75 Å². The number of fused-ring (bicyclic) bond motifs is 3. The lowest BCUT2D eigenvalue weighted by Crippen LogP contribution is -2.49. The molecule has 0 saturated heterocycles. The second-order valence-electron chi connectivity index (χ2n) is 7.13. The summed E-state index contributed by atoms with van der Waals surface area (Å²) in [6.07, 6.45) is 1.84. The van der Waals surface area contributed by atoms with Crippen LogP contribution in [-0.2, 0) is 11.8 Å². The molecule has 2 aromatic rings. The molecule has 0 spiro atoms. The molecule has 0 bridgehead atoms. The fourth-order valence-electron chi connectivity index (χ4n) is 4.47. The molecule has 4 rings (SSSR count). The van der Waals surface area contributed by atoms with Crippen LogP contribution in [0.3, 0.4) is 0 Å². The minimum Gasteiger partial charge on any atom is -0.490 e. The highest BCUT2D eigenvalue weighted by Crippen LogP contribution is 2.53. The summed E-state index contributed by atoms with van der Waals surface area (Å²) in [5.41, 5.74) is 0.764. The fourth-order valence-corrected chi connectivity index (χ4v) is 4.59. The molecule has 25 heavy (non-hydrogen) atoms. The molecule has 2 aromatic carbocycles. The summed E-state index contributed by atoms with van der Waals surface area (Å²) in [4.78, 5) is 0. The number of hydrogen-bond acceptors (Lipinski definition) is 2. The van der Waals surface area contributed by atoms with Gasteiger partial charge in [0.05, 0.1) is 12.7 Å². The highest BCUT2D eigenvalue weighted by Gasteiger charge is 2.50. The van der Waals surface area contributed by atoms with Crippen LogP contribution < -0.4 is 4.74 Å². The van der Waals surface area contributed by atoms with Gasteiger partial charge in [-0.1, -0.05) is 23.7 Å². The zero-order valence-electron chi connectivity index (χ0n) is 13.6. The second-order valence-corrected chi connectivity index (χ2v) is 7.57. The van der Waals surface area contributed by atoms with Crippen molar-refractivity contribution in [2.45, 2.75) is 37.2 Å². The lowest BCUT2D eigenvalue weighted by atomic mass is 9.58. The van der Waals surface area contributed by atoms with Gasteiger partial charge in [-0.2, -0.15) is 0 Å². The van der Waals surface area contributed by atoms with E-state index in [2.05, 4.69) is 0 Å². The van der Waals surface area contributed by atoms with Crippen molar-refractivity contribution in [2.75, 3.05) is 6.61 Å². The van der Waals surface area contributed by atoms with Gasteiger partial charge in [-0.3, -0.25) is 0 Å². The van der Waals surface area contributed by atoms with Crippen LogP contribution in [0.15, 0.2) is 36.4 Å². The molecule has 0 unspecified atom stereocenters. The van der Waals surface area contributed by atoms with Crippen LogP contribution >= 0.6 is 11.6 Å². The molecule has 1 heterocycles. The minimum absolute atomic E-state index is 0.0293. The van der Waals surface area contributed by atoms with E-state index in [-0.39, 0.29) is 18.3 Å². The van der Waals surface area contributed by atoms with Gasteiger partial charge in [-0.05, 0) is 55.5 Å². The zero-order chi connectivity index (χ0) is 17.6. The van der Waals surface area contributed by atoms with Gasteiger partial charge in [0.1, 0.15) is 5.82 Å². The third-order valence-electron chi connectivity index (χ3n) is 5.68. The number of aliphatic hydroxyl groups is 1. The molecule has 1 saturated carbocycles. The summed E-state index contributed by atoms with van der Waals surface area (Å²) in [7, 11) is 0. The largest absolute Gasteiger partial charge is 0.490 e. The van der Waals surface area contributed by atoms with Crippen LogP contribution in [-0.4, -0.2) is 17.8 Å². The number of benzene rings is 2. The van der Waals surface area contributed by atoms with Gasteiger partial charge < -0.3 is 9.84 Å². The number of ether oxygens (including phenoxy) is 1. The van der Waals surface area contributed by atoms with Crippen molar-refractivity contribution in [3.05, 3.63) is 64.2 Å². The van der Waals surface area contributed by atoms with E-state index in [4.69, 9.17) is 16.3 Å². The maximum atomic E-state index is 14.8. The third-order valence-corrected chi connectivity index (χ3v) is 5.93. The van der Waals surface area contributed by atoms with Gasteiger partial charge in [0.2, 0.25) is 0 Å². The van der Waals surface area contributed by atoms with Crippen molar-refractivity contribution in [1.29, 1.82) is 0 Å². The highest BCUT2D eigenvalue weighted by molar-refractivity contribution is 6.30. The quantitative estimate of drug-likeness (QED) is 0.840. The van der Waals surface area contributed by atoms with Crippen LogP contribution in [0.25, 0.3) is 0 Å². The molecule has 0 aromatic heterocycles. The van der Waals surface area contributed by atoms with Crippen LogP contribution in [0.2, 0.25) is 5.02 Å². The molecule has 2 aliphatic rings. The Hall–Kier alpha value is -1.65. The molecule has 3 atom stereocenters. The van der Waals surface area contributed by atoms with Crippen molar-refractivity contribution in [2.24, 2.45) is 5.92 Å². The lowest BCUT2D eigenvalue weighted by Gasteiger charge is -2.49. The molecular formula is C20H19ClF2O2. The summed E-state index contributed by atoms with van der Waals surface area (Å²) in [5.74, 6) is -1.000. The molecule has 1 aliphatic heterocycles. The van der Waals surface area contributed by atoms with Gasteiger partial charge in [-0.15, -0.1) is 0 Å². The normalized spacial score (nSPS) is 28.0. The van der Waals surface area contributed by atoms with Crippen molar-refractivity contribution >= 4 is 11.6 Å². The first kappa shape index (κ1) is 16.8. The van der Waals surface area contributed by atoms with Gasteiger partial charge in [0.25, 0.3) is 0 Å². The van der Waals surface area contributed by atoms with Crippen LogP contribution in [0.1, 0.15) is 30.4 Å². The smallest absolute Gasteiger partial charge is 0.165 e. The predicted octanol–water partition coefficient (Wildman–Crippen LogP) is 4.65. The van der Waals surface area contributed by atoms with Crippen LogP contribution in [0, 0.1) is 17.6 Å². The molecule has 0 radical (unpaired) electrons. The Kier molecular flexibility index (Phi) is 4.20. The van der Waals surface area contributed by atoms with Crippen molar-refractivity contribution in [1.82, 2.24) is 0 Å². The second kappa shape index (κ2) is 6.26. The molecule has 1 fully saturated rings. The van der Waals surface area contributed by atoms with Gasteiger partial charge >= 0.3 is 0 Å². The summed E-state index contributed by atoms with van der Waals surface area (Å²) >= 11 is 5.97. The Balaban J connectivity index is 1.85. The highest BCUT2D eigenvalue weighted by atomic mass is 35.5. The average molecular weight is 365 g/mol. The third kappa shape index (κ3) is 2.81. The van der Waals surface area contributed by atoms with Crippen molar-refractivity contribution < 1.29 is 18.6 Å². The van der Waals surface area contributed by atoms with E-state index in [0.29, 0.717) is 36.3 Å². The Bertz CT molecular complexity index is 793. The van der Waals surface area contributed by atoms with E-state index in [1.165, 1.54) is 6.07 Å². The Labute approximate surface area is 150 Å². The fraction of sp³-hybridized carbons (Fsp3) is 0.400. The Morgan fingerprint density at radius 3 is 2.60 bits per heavy atom. The van der Waals surface area contributed by atoms with Crippen molar-refractivity contribution in [3.63, 3.8) is 0 Å². The summed E-state index contributed by atoms with van der Waals surface area (Å²) in [5, 5.41) is 10.7. The molecular weight excluding hydrogens is 346 g/mol. The lowest BCUT2D eigenvalue weighted by molar-refractivity contribution is 0.00912. The zero-order valence-corrected chi connectivity index (χ0v) is 14.4. The van der Waals surface area contributed by atoms with Crippen LogP contribution in [0.4, 0.5) is 8.78 Å². The van der Waals surface area contributed by atoms with E-state index in [0.717, 1.165) is 11.6 Å². The van der Waals surface area contributed by atoms with Gasteiger partial charge in [0, 0.05) is 21.9 Å². The summed E-state index contributed by atoms with van der Waals surface area (Å²) < 4.78 is 34.7. The standard InChI is InChI=1S/C20H19ClF2O2/c21-14-3-1-12(2-4-14)10-20-8-7-15(24)9-13(20)11-25-19-17(23)6-5-16(22)18(19)20/h1-6,13,15,24H,7-11H2/t13-,15+,20+/m1/s1. The summed E-state index contributed by atoms with van der Waals surface area (Å²) in [6.45, 7) is 0.290. The number of aliphatic hydroxyl groups excluding tert-OH is 1. The van der Waals surface area contributed by atoms with E-state index in [1.807, 2.05) is 24.3 Å². The van der Waals surface area contributed by atoms with E-state index in [9.17, 15) is 13.9 Å². The predicted molar refractivity (Wildman–Crippen MR) is 92.0 cm³/mol. The summed E-state index contributed by atoms with van der Waals surface area (Å²) in [6, 6.07) is 9.75. The van der Waals surface area contributed by atoms with E-state index >= 15 is 0 Å². The molecule has 1 N–H and O–H groups in total. The molecule has 0 amide bonds. The minimum atomic E-state index is -0.577. The Morgan fingerprint density at radius 2 is 1.84 bits per heavy atom. The first-order valence-corrected chi connectivity index (χ1v) is 8.91. The number of hydrogen-bond donors (Lipinski definition) is 1. The molecule has 2 nitrogen and oxygen atoms in total. The van der Waals surface area contributed by atoms with Crippen molar-refractivity contribution in [3.8, 4) is 5.75 Å². The van der Waals surface area contributed by atoms with Gasteiger partial charge in [0.15, 0.2) is 11.6 Å². The first-order valence-electron chi connectivity index (χ1n) is 8.53. The number of halogens is 3. The monoisotopic (exact) mass is 364 g/mol. The van der Waals surface area contributed by atoms with E-state index < -0.39 is 23.2 Å². The maximum absolute atomic E-state index is 14.8. The molecule has 5 heteroatoms. The first-order chi connectivity index (χ1) is 12.0. The molecule has 132 valence electrons. The SMILES string of the molecule is O[C@H]1CC[C@@]2(Cc3ccc(Cl)cc3)c3c(F)ccc(F)c3OC[C@H]2C1. The van der Waals surface area contributed by atoms with Gasteiger partial charge in [-0.25, -0.2) is 8.78 Å². The Morgan fingerprint density at radius 1 is 1.12 bits per heavy atom. The number of rotatable bonds is 2. The average Bonchev–Trinajstić information content (AvgIpc) is 2.60. The maximum Gasteiger partial charge on any atom is 0.165 e. The molecule has 1 aliphatic carbocycles.